The SMILES string of the molecule is C=C1C(=O)OC2C1CCC(=C)C1CC(OC(=O)C=C(C)CO)C(=C)C12. The molecule has 0 radical (unpaired) electrons. The number of hydrogen-bond donors (Lipinski definition) is 1. The highest BCUT2D eigenvalue weighted by molar-refractivity contribution is 5.91. The van der Waals surface area contributed by atoms with Gasteiger partial charge in [0.2, 0.25) is 0 Å². The Morgan fingerprint density at radius 2 is 2.08 bits per heavy atom. The van der Waals surface area contributed by atoms with Gasteiger partial charge in [0.15, 0.2) is 0 Å². The molecule has 3 aliphatic rings. The molecule has 3 fully saturated rings. The van der Waals surface area contributed by atoms with E-state index in [9.17, 15) is 9.59 Å². The van der Waals surface area contributed by atoms with Crippen molar-refractivity contribution in [3.8, 4) is 0 Å². The van der Waals surface area contributed by atoms with Crippen molar-refractivity contribution in [2.24, 2.45) is 17.8 Å². The molecule has 5 atom stereocenters. The molecule has 1 aliphatic heterocycles. The smallest absolute Gasteiger partial charge is 0.334 e. The monoisotopic (exact) mass is 344 g/mol. The lowest BCUT2D eigenvalue weighted by Crippen LogP contribution is -2.29. The first kappa shape index (κ1) is 17.7. The number of hydrogen-bond acceptors (Lipinski definition) is 5. The largest absolute Gasteiger partial charge is 0.458 e. The second-order valence-electron chi connectivity index (χ2n) is 7.22. The Morgan fingerprint density at radius 1 is 1.36 bits per heavy atom. The van der Waals surface area contributed by atoms with Gasteiger partial charge in [0, 0.05) is 23.5 Å². The molecule has 5 heteroatoms. The topological polar surface area (TPSA) is 72.8 Å². The summed E-state index contributed by atoms with van der Waals surface area (Å²) in [6.45, 7) is 13.7. The van der Waals surface area contributed by atoms with Crippen molar-refractivity contribution in [1.82, 2.24) is 0 Å². The summed E-state index contributed by atoms with van der Waals surface area (Å²) < 4.78 is 11.1. The lowest BCUT2D eigenvalue weighted by atomic mass is 9.82. The van der Waals surface area contributed by atoms with Gasteiger partial charge in [-0.15, -0.1) is 0 Å². The fourth-order valence-electron chi connectivity index (χ4n) is 4.23. The molecular formula is C20H24O5. The summed E-state index contributed by atoms with van der Waals surface area (Å²) in [7, 11) is 0. The fourth-order valence-corrected chi connectivity index (χ4v) is 4.23. The van der Waals surface area contributed by atoms with Crippen LogP contribution in [0.2, 0.25) is 0 Å². The number of carbonyl (C=O) groups is 2. The maximum Gasteiger partial charge on any atom is 0.334 e. The molecule has 0 amide bonds. The van der Waals surface area contributed by atoms with E-state index in [1.54, 1.807) is 6.92 Å². The third-order valence-corrected chi connectivity index (χ3v) is 5.62. The summed E-state index contributed by atoms with van der Waals surface area (Å²) in [6, 6.07) is 0. The van der Waals surface area contributed by atoms with E-state index < -0.39 is 12.1 Å². The molecule has 5 unspecified atom stereocenters. The second kappa shape index (κ2) is 6.64. The van der Waals surface area contributed by atoms with E-state index in [0.29, 0.717) is 17.6 Å². The molecule has 1 saturated heterocycles. The maximum atomic E-state index is 12.0. The van der Waals surface area contributed by atoms with E-state index in [4.69, 9.17) is 14.6 Å². The molecule has 134 valence electrons. The molecule has 1 heterocycles. The summed E-state index contributed by atoms with van der Waals surface area (Å²) in [5.74, 6) is -0.868. The molecule has 1 N–H and O–H groups in total. The van der Waals surface area contributed by atoms with Crippen LogP contribution in [0, 0.1) is 17.8 Å². The first-order valence-electron chi connectivity index (χ1n) is 8.58. The lowest BCUT2D eigenvalue weighted by Gasteiger charge is -2.26. The third kappa shape index (κ3) is 3.09. The van der Waals surface area contributed by atoms with Crippen LogP contribution in [0.3, 0.4) is 0 Å². The van der Waals surface area contributed by atoms with Crippen LogP contribution >= 0.6 is 0 Å². The zero-order valence-corrected chi connectivity index (χ0v) is 14.5. The first-order chi connectivity index (χ1) is 11.8. The van der Waals surface area contributed by atoms with E-state index in [-0.39, 0.29) is 36.4 Å². The van der Waals surface area contributed by atoms with Crippen LogP contribution in [0.4, 0.5) is 0 Å². The second-order valence-corrected chi connectivity index (χ2v) is 7.22. The predicted molar refractivity (Wildman–Crippen MR) is 92.3 cm³/mol. The molecule has 2 saturated carbocycles. The Kier molecular flexibility index (Phi) is 4.69. The van der Waals surface area contributed by atoms with Crippen LogP contribution in [-0.2, 0) is 19.1 Å². The average Bonchev–Trinajstić information content (AvgIpc) is 2.98. The lowest BCUT2D eigenvalue weighted by molar-refractivity contribution is -0.142. The van der Waals surface area contributed by atoms with Crippen molar-refractivity contribution in [3.63, 3.8) is 0 Å². The Labute approximate surface area is 147 Å². The van der Waals surface area contributed by atoms with Gasteiger partial charge in [-0.3, -0.25) is 0 Å². The molecular weight excluding hydrogens is 320 g/mol. The first-order valence-corrected chi connectivity index (χ1v) is 8.58. The predicted octanol–water partition coefficient (Wildman–Crippen LogP) is 2.48. The Bertz CT molecular complexity index is 686. The van der Waals surface area contributed by atoms with Crippen LogP contribution < -0.4 is 0 Å². The Balaban J connectivity index is 1.82. The van der Waals surface area contributed by atoms with Crippen LogP contribution in [0.15, 0.2) is 48.1 Å². The zero-order valence-electron chi connectivity index (χ0n) is 14.5. The Hall–Kier alpha value is -2.14. The van der Waals surface area contributed by atoms with Crippen molar-refractivity contribution in [1.29, 1.82) is 0 Å². The summed E-state index contributed by atoms with van der Waals surface area (Å²) in [4.78, 5) is 24.0. The molecule has 2 aliphatic carbocycles. The highest BCUT2D eigenvalue weighted by Gasteiger charge is 2.53. The minimum absolute atomic E-state index is 0.0259. The number of ether oxygens (including phenoxy) is 2. The van der Waals surface area contributed by atoms with Crippen LogP contribution in [0.5, 0.6) is 0 Å². The fraction of sp³-hybridized carbons (Fsp3) is 0.500. The Morgan fingerprint density at radius 3 is 2.76 bits per heavy atom. The number of fused-ring (bicyclic) bond motifs is 3. The number of esters is 2. The van der Waals surface area contributed by atoms with E-state index in [2.05, 4.69) is 19.7 Å². The van der Waals surface area contributed by atoms with Crippen molar-refractivity contribution in [3.05, 3.63) is 48.1 Å². The third-order valence-electron chi connectivity index (χ3n) is 5.62. The van der Waals surface area contributed by atoms with Gasteiger partial charge in [-0.25, -0.2) is 9.59 Å². The number of allylic oxidation sites excluding steroid dienone is 1. The number of aliphatic hydroxyl groups is 1. The number of rotatable bonds is 3. The van der Waals surface area contributed by atoms with E-state index in [1.165, 1.54) is 6.08 Å². The minimum Gasteiger partial charge on any atom is -0.458 e. The van der Waals surface area contributed by atoms with Crippen LogP contribution in [0.1, 0.15) is 26.2 Å². The van der Waals surface area contributed by atoms with E-state index in [1.807, 2.05) is 0 Å². The quantitative estimate of drug-likeness (QED) is 0.484. The molecule has 0 aromatic rings. The van der Waals surface area contributed by atoms with Crippen molar-refractivity contribution >= 4 is 11.9 Å². The van der Waals surface area contributed by atoms with Gasteiger partial charge in [0.05, 0.1) is 6.61 Å². The number of aliphatic hydroxyl groups excluding tert-OH is 1. The minimum atomic E-state index is -0.496. The summed E-state index contributed by atoms with van der Waals surface area (Å²) in [5.41, 5.74) is 2.92. The average molecular weight is 344 g/mol. The standard InChI is InChI=1S/C20H24O5/c1-10(9-21)7-17(22)24-16-8-15-11(2)5-6-14-12(3)20(23)25-19(14)18(15)13(16)4/h7,14-16,18-19,21H,2-6,8-9H2,1H3. The molecule has 25 heavy (non-hydrogen) atoms. The van der Waals surface area contributed by atoms with Crippen molar-refractivity contribution < 1.29 is 24.2 Å². The molecule has 0 aromatic carbocycles. The normalized spacial score (nSPS) is 35.1. The van der Waals surface area contributed by atoms with Crippen molar-refractivity contribution in [2.75, 3.05) is 6.61 Å². The highest BCUT2D eigenvalue weighted by atomic mass is 16.6. The summed E-state index contributed by atoms with van der Waals surface area (Å²) in [5, 5.41) is 9.02. The van der Waals surface area contributed by atoms with Gasteiger partial charge in [-0.05, 0) is 43.3 Å². The van der Waals surface area contributed by atoms with E-state index in [0.717, 1.165) is 24.0 Å². The molecule has 5 nitrogen and oxygen atoms in total. The van der Waals surface area contributed by atoms with Gasteiger partial charge in [-0.2, -0.15) is 0 Å². The van der Waals surface area contributed by atoms with Crippen LogP contribution in [-0.4, -0.2) is 35.9 Å². The van der Waals surface area contributed by atoms with Gasteiger partial charge in [-0.1, -0.05) is 25.3 Å². The molecule has 0 aromatic heterocycles. The number of carbonyl (C=O) groups excluding carboxylic acids is 2. The van der Waals surface area contributed by atoms with E-state index >= 15 is 0 Å². The zero-order chi connectivity index (χ0) is 18.3. The molecule has 3 rings (SSSR count). The van der Waals surface area contributed by atoms with Gasteiger partial charge >= 0.3 is 11.9 Å². The maximum absolute atomic E-state index is 12.0. The molecule has 0 bridgehead atoms. The van der Waals surface area contributed by atoms with Crippen molar-refractivity contribution in [2.45, 2.75) is 38.4 Å². The van der Waals surface area contributed by atoms with Crippen LogP contribution in [0.25, 0.3) is 0 Å². The summed E-state index contributed by atoms with van der Waals surface area (Å²) >= 11 is 0. The molecule has 0 spiro atoms. The van der Waals surface area contributed by atoms with Gasteiger partial charge in [0.1, 0.15) is 12.2 Å². The summed E-state index contributed by atoms with van der Waals surface area (Å²) in [6.07, 6.45) is 2.76. The van der Waals surface area contributed by atoms with Gasteiger partial charge in [0.25, 0.3) is 0 Å². The highest BCUT2D eigenvalue weighted by Crippen LogP contribution is 2.52. The van der Waals surface area contributed by atoms with Gasteiger partial charge < -0.3 is 14.6 Å².